The molecule has 0 aromatic carbocycles. The highest BCUT2D eigenvalue weighted by molar-refractivity contribution is 6.50. The number of ether oxygens (including phenoxy) is 1. The third-order valence-corrected chi connectivity index (χ3v) is 3.67. The quantitative estimate of drug-likeness (QED) is 0.737. The Morgan fingerprint density at radius 1 is 1.38 bits per heavy atom. The summed E-state index contributed by atoms with van der Waals surface area (Å²) in [5, 5.41) is 3.35. The predicted molar refractivity (Wildman–Crippen MR) is 54.4 cm³/mol. The number of rotatable bonds is 4. The summed E-state index contributed by atoms with van der Waals surface area (Å²) in [4.78, 5) is 0. The fourth-order valence-electron chi connectivity index (χ4n) is 1.71. The van der Waals surface area contributed by atoms with Gasteiger partial charge in [-0.2, -0.15) is 0 Å². The van der Waals surface area contributed by atoms with Gasteiger partial charge in [0.05, 0.1) is 6.10 Å². The van der Waals surface area contributed by atoms with E-state index < -0.39 is 4.33 Å². The molecule has 2 nitrogen and oxygen atoms in total. The molecule has 1 saturated carbocycles. The molecule has 1 N–H and O–H groups in total. The van der Waals surface area contributed by atoms with E-state index in [2.05, 4.69) is 5.32 Å². The molecule has 1 heterocycles. The second-order valence-electron chi connectivity index (χ2n) is 3.96. The van der Waals surface area contributed by atoms with E-state index in [1.54, 1.807) is 0 Å². The smallest absolute Gasteiger partial charge is 0.122 e. The summed E-state index contributed by atoms with van der Waals surface area (Å²) in [6.45, 7) is 2.79. The predicted octanol–water partition coefficient (Wildman–Crippen LogP) is 1.95. The van der Waals surface area contributed by atoms with E-state index in [-0.39, 0.29) is 0 Å². The van der Waals surface area contributed by atoms with Crippen LogP contribution in [0.4, 0.5) is 0 Å². The van der Waals surface area contributed by atoms with Crippen molar-refractivity contribution < 1.29 is 4.74 Å². The topological polar surface area (TPSA) is 21.3 Å². The monoisotopic (exact) mass is 223 g/mol. The molecule has 0 radical (unpaired) electrons. The fraction of sp³-hybridized carbons (Fsp3) is 1.00. The van der Waals surface area contributed by atoms with Crippen LogP contribution in [0.2, 0.25) is 0 Å². The van der Waals surface area contributed by atoms with Gasteiger partial charge in [0.2, 0.25) is 0 Å². The lowest BCUT2D eigenvalue weighted by Gasteiger charge is -2.10. The van der Waals surface area contributed by atoms with Gasteiger partial charge >= 0.3 is 0 Å². The lowest BCUT2D eigenvalue weighted by Crippen LogP contribution is -2.28. The number of hydrogen-bond acceptors (Lipinski definition) is 2. The maximum absolute atomic E-state index is 5.90. The SMILES string of the molecule is ClC1(Cl)CC1CNCC1CCCO1. The molecule has 13 heavy (non-hydrogen) atoms. The van der Waals surface area contributed by atoms with Gasteiger partial charge in [0.15, 0.2) is 0 Å². The molecule has 1 aliphatic heterocycles. The van der Waals surface area contributed by atoms with Crippen molar-refractivity contribution in [3.63, 3.8) is 0 Å². The first-order valence-corrected chi connectivity index (χ1v) is 5.64. The normalized spacial score (nSPS) is 36.5. The molecule has 2 unspecified atom stereocenters. The minimum absolute atomic E-state index is 0.416. The van der Waals surface area contributed by atoms with Gasteiger partial charge in [-0.05, 0) is 19.3 Å². The fourth-order valence-corrected chi connectivity index (χ4v) is 2.24. The summed E-state index contributed by atoms with van der Waals surface area (Å²) in [7, 11) is 0. The molecule has 2 aliphatic rings. The van der Waals surface area contributed by atoms with Gasteiger partial charge < -0.3 is 10.1 Å². The molecule has 0 amide bonds. The van der Waals surface area contributed by atoms with Crippen molar-refractivity contribution in [3.8, 4) is 0 Å². The largest absolute Gasteiger partial charge is 0.377 e. The van der Waals surface area contributed by atoms with E-state index >= 15 is 0 Å². The van der Waals surface area contributed by atoms with Crippen molar-refractivity contribution in [1.29, 1.82) is 0 Å². The molecule has 2 atom stereocenters. The highest BCUT2D eigenvalue weighted by Crippen LogP contribution is 2.52. The van der Waals surface area contributed by atoms with Crippen molar-refractivity contribution >= 4 is 23.2 Å². The van der Waals surface area contributed by atoms with Gasteiger partial charge in [-0.25, -0.2) is 0 Å². The number of alkyl halides is 2. The molecule has 2 fully saturated rings. The summed E-state index contributed by atoms with van der Waals surface area (Å²) in [6, 6.07) is 0. The lowest BCUT2D eigenvalue weighted by atomic mass is 10.2. The summed E-state index contributed by atoms with van der Waals surface area (Å²) < 4.78 is 5.04. The Morgan fingerprint density at radius 2 is 2.15 bits per heavy atom. The van der Waals surface area contributed by atoms with Gasteiger partial charge in [-0.3, -0.25) is 0 Å². The standard InChI is InChI=1S/C9H15Cl2NO/c10-9(11)4-7(9)5-12-6-8-2-1-3-13-8/h7-8,12H,1-6H2. The van der Waals surface area contributed by atoms with E-state index in [0.717, 1.165) is 26.1 Å². The zero-order valence-corrected chi connectivity index (χ0v) is 9.07. The number of hydrogen-bond donors (Lipinski definition) is 1. The first-order valence-electron chi connectivity index (χ1n) is 4.88. The molecule has 0 aromatic rings. The molecule has 76 valence electrons. The van der Waals surface area contributed by atoms with Crippen molar-refractivity contribution in [3.05, 3.63) is 0 Å². The van der Waals surface area contributed by atoms with E-state index in [1.165, 1.54) is 12.8 Å². The minimum atomic E-state index is -0.441. The van der Waals surface area contributed by atoms with Crippen LogP contribution in [-0.2, 0) is 4.74 Å². The number of nitrogens with one attached hydrogen (secondary N) is 1. The zero-order chi connectivity index (χ0) is 9.31. The van der Waals surface area contributed by atoms with Crippen LogP contribution in [-0.4, -0.2) is 30.1 Å². The van der Waals surface area contributed by atoms with E-state index in [4.69, 9.17) is 27.9 Å². The molecular formula is C9H15Cl2NO. The molecule has 1 saturated heterocycles. The second-order valence-corrected chi connectivity index (χ2v) is 5.50. The highest BCUT2D eigenvalue weighted by Gasteiger charge is 2.50. The van der Waals surface area contributed by atoms with Crippen molar-refractivity contribution in [2.75, 3.05) is 19.7 Å². The molecule has 1 aliphatic carbocycles. The summed E-state index contributed by atoms with van der Waals surface area (Å²) in [6.07, 6.45) is 3.73. The van der Waals surface area contributed by atoms with Crippen LogP contribution in [0, 0.1) is 5.92 Å². The van der Waals surface area contributed by atoms with E-state index in [1.807, 2.05) is 0 Å². The molecule has 0 bridgehead atoms. The summed E-state index contributed by atoms with van der Waals surface area (Å²) in [5.41, 5.74) is 0. The molecule has 4 heteroatoms. The first-order chi connectivity index (χ1) is 6.18. The van der Waals surface area contributed by atoms with Crippen molar-refractivity contribution in [1.82, 2.24) is 5.32 Å². The average Bonchev–Trinajstić information content (AvgIpc) is 2.53. The Kier molecular flexibility index (Phi) is 3.04. The second kappa shape index (κ2) is 3.93. The zero-order valence-electron chi connectivity index (χ0n) is 7.56. The first kappa shape index (κ1) is 10.0. The molecule has 0 aromatic heterocycles. The third kappa shape index (κ3) is 2.72. The van der Waals surface area contributed by atoms with Gasteiger partial charge in [0, 0.05) is 25.6 Å². The average molecular weight is 224 g/mol. The van der Waals surface area contributed by atoms with Crippen molar-refractivity contribution in [2.24, 2.45) is 5.92 Å². The van der Waals surface area contributed by atoms with Gasteiger partial charge in [-0.15, -0.1) is 23.2 Å². The van der Waals surface area contributed by atoms with Crippen LogP contribution in [0.15, 0.2) is 0 Å². The summed E-state index contributed by atoms with van der Waals surface area (Å²) in [5.74, 6) is 0.442. The maximum Gasteiger partial charge on any atom is 0.122 e. The lowest BCUT2D eigenvalue weighted by molar-refractivity contribution is 0.110. The van der Waals surface area contributed by atoms with E-state index in [0.29, 0.717) is 12.0 Å². The molecule has 2 rings (SSSR count). The van der Waals surface area contributed by atoms with Gasteiger partial charge in [0.1, 0.15) is 4.33 Å². The maximum atomic E-state index is 5.90. The molecular weight excluding hydrogens is 209 g/mol. The highest BCUT2D eigenvalue weighted by atomic mass is 35.5. The Morgan fingerprint density at radius 3 is 2.69 bits per heavy atom. The molecule has 0 spiro atoms. The minimum Gasteiger partial charge on any atom is -0.377 e. The third-order valence-electron chi connectivity index (χ3n) is 2.74. The summed E-state index contributed by atoms with van der Waals surface area (Å²) >= 11 is 11.8. The van der Waals surface area contributed by atoms with Crippen LogP contribution in [0.1, 0.15) is 19.3 Å². The van der Waals surface area contributed by atoms with Crippen LogP contribution in [0.25, 0.3) is 0 Å². The van der Waals surface area contributed by atoms with Gasteiger partial charge in [0.25, 0.3) is 0 Å². The van der Waals surface area contributed by atoms with Crippen LogP contribution < -0.4 is 5.32 Å². The van der Waals surface area contributed by atoms with Gasteiger partial charge in [-0.1, -0.05) is 0 Å². The number of halogens is 2. The Bertz CT molecular complexity index is 176. The van der Waals surface area contributed by atoms with Crippen LogP contribution in [0.3, 0.4) is 0 Å². The van der Waals surface area contributed by atoms with E-state index in [9.17, 15) is 0 Å². The Hall–Kier alpha value is 0.500. The van der Waals surface area contributed by atoms with Crippen LogP contribution >= 0.6 is 23.2 Å². The van der Waals surface area contributed by atoms with Crippen LogP contribution in [0.5, 0.6) is 0 Å². The van der Waals surface area contributed by atoms with Crippen molar-refractivity contribution in [2.45, 2.75) is 29.7 Å². The Labute approximate surface area is 88.9 Å². The Balaban J connectivity index is 1.54.